The summed E-state index contributed by atoms with van der Waals surface area (Å²) < 4.78 is 0.920. The number of amides is 1. The van der Waals surface area contributed by atoms with E-state index in [1.165, 1.54) is 0 Å². The number of nitrogens with one attached hydrogen (secondary N) is 1. The molecule has 0 bridgehead atoms. The first-order valence-electron chi connectivity index (χ1n) is 7.68. The van der Waals surface area contributed by atoms with Gasteiger partial charge in [-0.05, 0) is 45.6 Å². The van der Waals surface area contributed by atoms with Crippen molar-refractivity contribution in [3.63, 3.8) is 0 Å². The highest BCUT2D eigenvalue weighted by Crippen LogP contribution is 2.26. The number of halogens is 1. The smallest absolute Gasteiger partial charge is 0.237 e. The Hall–Kier alpha value is -2.46. The standard InChI is InChI=1S/C20H17BrN2O/c1-14-12-18(22-13-17(14)21)23-20(24)19(15-8-4-2-5-9-15)16-10-6-3-7-11-16/h2-13,19H,1H3,(H,22,23,24). The molecule has 3 rings (SSSR count). The fourth-order valence-corrected chi connectivity index (χ4v) is 2.81. The fourth-order valence-electron chi connectivity index (χ4n) is 2.59. The molecule has 0 aliphatic carbocycles. The van der Waals surface area contributed by atoms with Crippen LogP contribution in [0.5, 0.6) is 0 Å². The Balaban J connectivity index is 1.93. The summed E-state index contributed by atoms with van der Waals surface area (Å²) in [7, 11) is 0. The zero-order valence-electron chi connectivity index (χ0n) is 13.2. The predicted octanol–water partition coefficient (Wildman–Crippen LogP) is 4.92. The first-order chi connectivity index (χ1) is 11.6. The highest BCUT2D eigenvalue weighted by molar-refractivity contribution is 9.10. The average Bonchev–Trinajstić information content (AvgIpc) is 2.60. The predicted molar refractivity (Wildman–Crippen MR) is 100 cm³/mol. The van der Waals surface area contributed by atoms with E-state index in [4.69, 9.17) is 0 Å². The Morgan fingerprint density at radius 3 is 2.04 bits per heavy atom. The van der Waals surface area contributed by atoms with Crippen LogP contribution in [-0.4, -0.2) is 10.9 Å². The summed E-state index contributed by atoms with van der Waals surface area (Å²) in [6.07, 6.45) is 1.70. The van der Waals surface area contributed by atoms with E-state index in [9.17, 15) is 4.79 Å². The molecule has 24 heavy (non-hydrogen) atoms. The molecule has 1 amide bonds. The molecule has 0 saturated heterocycles. The van der Waals surface area contributed by atoms with E-state index >= 15 is 0 Å². The van der Waals surface area contributed by atoms with Gasteiger partial charge in [-0.2, -0.15) is 0 Å². The zero-order valence-corrected chi connectivity index (χ0v) is 14.8. The van der Waals surface area contributed by atoms with E-state index in [1.807, 2.05) is 73.7 Å². The van der Waals surface area contributed by atoms with Gasteiger partial charge in [0.25, 0.3) is 0 Å². The van der Waals surface area contributed by atoms with Crippen molar-refractivity contribution in [1.82, 2.24) is 4.98 Å². The van der Waals surface area contributed by atoms with Crippen molar-refractivity contribution < 1.29 is 4.79 Å². The number of anilines is 1. The van der Waals surface area contributed by atoms with Crippen LogP contribution in [0.3, 0.4) is 0 Å². The van der Waals surface area contributed by atoms with Crippen LogP contribution in [0.25, 0.3) is 0 Å². The minimum absolute atomic E-state index is 0.0957. The minimum atomic E-state index is -0.377. The van der Waals surface area contributed by atoms with E-state index in [-0.39, 0.29) is 11.8 Å². The van der Waals surface area contributed by atoms with Crippen LogP contribution in [0.4, 0.5) is 5.82 Å². The third-order valence-corrected chi connectivity index (χ3v) is 4.66. The van der Waals surface area contributed by atoms with Crippen molar-refractivity contribution in [2.24, 2.45) is 0 Å². The summed E-state index contributed by atoms with van der Waals surface area (Å²) in [4.78, 5) is 17.2. The lowest BCUT2D eigenvalue weighted by molar-refractivity contribution is -0.116. The van der Waals surface area contributed by atoms with Gasteiger partial charge in [-0.1, -0.05) is 60.7 Å². The lowest BCUT2D eigenvalue weighted by Crippen LogP contribution is -2.22. The SMILES string of the molecule is Cc1cc(NC(=O)C(c2ccccc2)c2ccccc2)ncc1Br. The molecular formula is C20H17BrN2O. The number of nitrogens with zero attached hydrogens (tertiary/aromatic N) is 1. The van der Waals surface area contributed by atoms with Crippen LogP contribution in [0, 0.1) is 6.92 Å². The number of hydrogen-bond donors (Lipinski definition) is 1. The lowest BCUT2D eigenvalue weighted by atomic mass is 9.90. The summed E-state index contributed by atoms with van der Waals surface area (Å²) in [5.41, 5.74) is 2.93. The molecular weight excluding hydrogens is 364 g/mol. The molecule has 0 aliphatic heterocycles. The number of aryl methyl sites for hydroxylation is 1. The zero-order chi connectivity index (χ0) is 16.9. The summed E-state index contributed by atoms with van der Waals surface area (Å²) in [5.74, 6) is 0.0809. The minimum Gasteiger partial charge on any atom is -0.310 e. The van der Waals surface area contributed by atoms with Gasteiger partial charge in [0.15, 0.2) is 0 Å². The molecule has 0 radical (unpaired) electrons. The summed E-state index contributed by atoms with van der Waals surface area (Å²) >= 11 is 3.42. The van der Waals surface area contributed by atoms with Crippen molar-refractivity contribution in [2.45, 2.75) is 12.8 Å². The van der Waals surface area contributed by atoms with Crippen LogP contribution in [0.2, 0.25) is 0 Å². The number of hydrogen-bond acceptors (Lipinski definition) is 2. The van der Waals surface area contributed by atoms with Gasteiger partial charge in [0.1, 0.15) is 5.82 Å². The monoisotopic (exact) mass is 380 g/mol. The molecule has 0 atom stereocenters. The van der Waals surface area contributed by atoms with Crippen LogP contribution in [-0.2, 0) is 4.79 Å². The number of carbonyl (C=O) groups is 1. The van der Waals surface area contributed by atoms with E-state index in [1.54, 1.807) is 6.20 Å². The van der Waals surface area contributed by atoms with Crippen LogP contribution in [0.15, 0.2) is 77.4 Å². The van der Waals surface area contributed by atoms with Crippen molar-refractivity contribution in [3.8, 4) is 0 Å². The Bertz CT molecular complexity index is 795. The molecule has 120 valence electrons. The largest absolute Gasteiger partial charge is 0.310 e. The molecule has 3 nitrogen and oxygen atoms in total. The van der Waals surface area contributed by atoms with Crippen molar-refractivity contribution >= 4 is 27.7 Å². The topological polar surface area (TPSA) is 42.0 Å². The Labute approximate surface area is 149 Å². The molecule has 2 aromatic carbocycles. The van der Waals surface area contributed by atoms with Crippen LogP contribution >= 0.6 is 15.9 Å². The van der Waals surface area contributed by atoms with Gasteiger partial charge in [0.05, 0.1) is 5.92 Å². The second-order valence-corrected chi connectivity index (χ2v) is 6.42. The first-order valence-corrected chi connectivity index (χ1v) is 8.47. The molecule has 1 heterocycles. The van der Waals surface area contributed by atoms with E-state index in [0.717, 1.165) is 21.2 Å². The van der Waals surface area contributed by atoms with Crippen molar-refractivity contribution in [3.05, 3.63) is 94.1 Å². The Kier molecular flexibility index (Phi) is 5.06. The highest BCUT2D eigenvalue weighted by atomic mass is 79.9. The van der Waals surface area contributed by atoms with Gasteiger partial charge in [-0.15, -0.1) is 0 Å². The Morgan fingerprint density at radius 1 is 1.00 bits per heavy atom. The normalized spacial score (nSPS) is 10.6. The van der Waals surface area contributed by atoms with Gasteiger partial charge < -0.3 is 5.32 Å². The summed E-state index contributed by atoms with van der Waals surface area (Å²) in [5, 5.41) is 2.94. The molecule has 0 spiro atoms. The maximum Gasteiger partial charge on any atom is 0.237 e. The van der Waals surface area contributed by atoms with Gasteiger partial charge >= 0.3 is 0 Å². The number of aromatic nitrogens is 1. The second kappa shape index (κ2) is 7.41. The maximum absolute atomic E-state index is 12.9. The average molecular weight is 381 g/mol. The Morgan fingerprint density at radius 2 is 1.54 bits per heavy atom. The number of carbonyl (C=O) groups excluding carboxylic acids is 1. The molecule has 3 aromatic rings. The fraction of sp³-hybridized carbons (Fsp3) is 0.100. The third kappa shape index (κ3) is 3.71. The second-order valence-electron chi connectivity index (χ2n) is 5.56. The van der Waals surface area contributed by atoms with E-state index < -0.39 is 0 Å². The van der Waals surface area contributed by atoms with E-state index in [2.05, 4.69) is 26.2 Å². The molecule has 4 heteroatoms. The summed E-state index contributed by atoms with van der Waals surface area (Å²) in [6.45, 7) is 1.97. The quantitative estimate of drug-likeness (QED) is 0.697. The van der Waals surface area contributed by atoms with Crippen molar-refractivity contribution in [1.29, 1.82) is 0 Å². The number of pyridine rings is 1. The van der Waals surface area contributed by atoms with Crippen LogP contribution in [0.1, 0.15) is 22.6 Å². The molecule has 0 saturated carbocycles. The number of rotatable bonds is 4. The van der Waals surface area contributed by atoms with Gasteiger partial charge in [0, 0.05) is 10.7 Å². The molecule has 0 fully saturated rings. The third-order valence-electron chi connectivity index (χ3n) is 3.83. The molecule has 0 unspecified atom stereocenters. The number of benzene rings is 2. The lowest BCUT2D eigenvalue weighted by Gasteiger charge is -2.17. The van der Waals surface area contributed by atoms with Gasteiger partial charge in [-0.25, -0.2) is 4.98 Å². The first kappa shape index (κ1) is 16.4. The van der Waals surface area contributed by atoms with Crippen molar-refractivity contribution in [2.75, 3.05) is 5.32 Å². The summed E-state index contributed by atoms with van der Waals surface area (Å²) in [6, 6.07) is 21.4. The maximum atomic E-state index is 12.9. The van der Waals surface area contributed by atoms with Gasteiger partial charge in [-0.3, -0.25) is 4.79 Å². The molecule has 0 aliphatic rings. The van der Waals surface area contributed by atoms with E-state index in [0.29, 0.717) is 5.82 Å². The highest BCUT2D eigenvalue weighted by Gasteiger charge is 2.23. The van der Waals surface area contributed by atoms with Crippen LogP contribution < -0.4 is 5.32 Å². The molecule has 1 N–H and O–H groups in total. The van der Waals surface area contributed by atoms with Gasteiger partial charge in [0.2, 0.25) is 5.91 Å². The molecule has 1 aromatic heterocycles.